The Balaban J connectivity index is 2.48. The highest BCUT2D eigenvalue weighted by Crippen LogP contribution is 2.23. The molecule has 1 radical (unpaired) electrons. The van der Waals surface area contributed by atoms with Crippen LogP contribution in [0, 0.1) is 5.38 Å². The minimum absolute atomic E-state index is 1.28. The van der Waals surface area contributed by atoms with Gasteiger partial charge >= 0.3 is 0 Å². The maximum atomic E-state index is 3.06. The van der Waals surface area contributed by atoms with E-state index in [1.165, 1.54) is 11.1 Å². The van der Waals surface area contributed by atoms with E-state index in [0.717, 1.165) is 0 Å². The maximum Gasteiger partial charge on any atom is 0.0449 e. The highest BCUT2D eigenvalue weighted by Gasteiger charge is 1.95. The van der Waals surface area contributed by atoms with Gasteiger partial charge < -0.3 is 0 Å². The molecule has 0 bridgehead atoms. The minimum atomic E-state index is 1.28. The summed E-state index contributed by atoms with van der Waals surface area (Å²) in [5.41, 5.74) is 2.59. The van der Waals surface area contributed by atoms with E-state index < -0.39 is 0 Å². The Labute approximate surface area is 67.8 Å². The van der Waals surface area contributed by atoms with Crippen molar-refractivity contribution in [2.24, 2.45) is 0 Å². The van der Waals surface area contributed by atoms with Crippen LogP contribution in [0.2, 0.25) is 0 Å². The predicted octanol–water partition coefficient (Wildman–Crippen LogP) is 3.28. The van der Waals surface area contributed by atoms with Crippen LogP contribution in [0.15, 0.2) is 28.3 Å². The second-order valence-corrected chi connectivity index (χ2v) is 3.45. The molecule has 49 valence electrons. The SMILES string of the molecule is [c]1cc(-c2ccsc2)cs1. The van der Waals surface area contributed by atoms with E-state index in [9.17, 15) is 0 Å². The first-order valence-electron chi connectivity index (χ1n) is 2.94. The predicted molar refractivity (Wildman–Crippen MR) is 46.5 cm³/mol. The fourth-order valence-corrected chi connectivity index (χ4v) is 2.07. The molecular formula is C8H5S2. The van der Waals surface area contributed by atoms with Crippen molar-refractivity contribution in [2.75, 3.05) is 0 Å². The van der Waals surface area contributed by atoms with E-state index in [-0.39, 0.29) is 0 Å². The van der Waals surface area contributed by atoms with Gasteiger partial charge in [0.05, 0.1) is 0 Å². The summed E-state index contributed by atoms with van der Waals surface area (Å²) in [5, 5.41) is 9.42. The summed E-state index contributed by atoms with van der Waals surface area (Å²) in [7, 11) is 0. The lowest BCUT2D eigenvalue weighted by Gasteiger charge is -1.85. The normalized spacial score (nSPS) is 10.0. The molecule has 10 heavy (non-hydrogen) atoms. The zero-order chi connectivity index (χ0) is 6.81. The molecule has 2 aromatic heterocycles. The fourth-order valence-electron chi connectivity index (χ4n) is 0.809. The molecule has 0 aliphatic carbocycles. The molecule has 0 saturated carbocycles. The molecule has 0 nitrogen and oxygen atoms in total. The molecule has 2 rings (SSSR count). The number of rotatable bonds is 1. The molecule has 2 heterocycles. The van der Waals surface area contributed by atoms with Crippen molar-refractivity contribution in [3.8, 4) is 11.1 Å². The highest BCUT2D eigenvalue weighted by atomic mass is 32.1. The lowest BCUT2D eigenvalue weighted by Crippen LogP contribution is -1.61. The van der Waals surface area contributed by atoms with Crippen LogP contribution < -0.4 is 0 Å². The van der Waals surface area contributed by atoms with Gasteiger partial charge in [-0.2, -0.15) is 11.3 Å². The molecule has 0 fully saturated rings. The van der Waals surface area contributed by atoms with Crippen LogP contribution in [0.25, 0.3) is 11.1 Å². The van der Waals surface area contributed by atoms with Gasteiger partial charge in [-0.1, -0.05) is 0 Å². The van der Waals surface area contributed by atoms with Crippen LogP contribution in [-0.4, -0.2) is 0 Å². The van der Waals surface area contributed by atoms with Crippen LogP contribution in [0.1, 0.15) is 0 Å². The topological polar surface area (TPSA) is 0 Å². The third-order valence-corrected chi connectivity index (χ3v) is 2.63. The molecule has 0 unspecified atom stereocenters. The minimum Gasteiger partial charge on any atom is -0.152 e. The van der Waals surface area contributed by atoms with Crippen LogP contribution in [-0.2, 0) is 0 Å². The van der Waals surface area contributed by atoms with E-state index in [2.05, 4.69) is 27.6 Å². The Morgan fingerprint density at radius 3 is 2.80 bits per heavy atom. The Hall–Kier alpha value is -0.600. The van der Waals surface area contributed by atoms with Crippen molar-refractivity contribution < 1.29 is 0 Å². The molecule has 0 amide bonds. The quantitative estimate of drug-likeness (QED) is 0.608. The van der Waals surface area contributed by atoms with Crippen molar-refractivity contribution in [1.29, 1.82) is 0 Å². The summed E-state index contributed by atoms with van der Waals surface area (Å²) in [6, 6.07) is 4.15. The molecule has 0 aromatic carbocycles. The Morgan fingerprint density at radius 2 is 2.20 bits per heavy atom. The van der Waals surface area contributed by atoms with Gasteiger partial charge in [-0.25, -0.2) is 0 Å². The first kappa shape index (κ1) is 6.13. The van der Waals surface area contributed by atoms with Gasteiger partial charge in [-0.3, -0.25) is 0 Å². The van der Waals surface area contributed by atoms with Crippen LogP contribution in [0.3, 0.4) is 0 Å². The van der Waals surface area contributed by atoms with Gasteiger partial charge in [0.2, 0.25) is 0 Å². The lowest BCUT2D eigenvalue weighted by molar-refractivity contribution is 1.83. The van der Waals surface area contributed by atoms with E-state index in [1.807, 2.05) is 6.07 Å². The first-order valence-corrected chi connectivity index (χ1v) is 4.76. The molecular weight excluding hydrogens is 160 g/mol. The standard InChI is InChI=1S/C8H5S2/c1-3-9-5-7(1)8-2-4-10-6-8/h1-3,5-6H. The van der Waals surface area contributed by atoms with Crippen LogP contribution in [0.4, 0.5) is 0 Å². The summed E-state index contributed by atoms with van der Waals surface area (Å²) in [4.78, 5) is 0. The molecule has 0 N–H and O–H groups in total. The second kappa shape index (κ2) is 2.56. The third kappa shape index (κ3) is 1.00. The molecule has 0 aliphatic rings. The smallest absolute Gasteiger partial charge is 0.0449 e. The van der Waals surface area contributed by atoms with Crippen molar-refractivity contribution >= 4 is 22.7 Å². The number of thiophene rings is 2. The van der Waals surface area contributed by atoms with Gasteiger partial charge in [0.1, 0.15) is 0 Å². The summed E-state index contributed by atoms with van der Waals surface area (Å²) < 4.78 is 0. The average molecular weight is 165 g/mol. The first-order chi connectivity index (χ1) is 4.97. The van der Waals surface area contributed by atoms with Crippen LogP contribution >= 0.6 is 22.7 Å². The van der Waals surface area contributed by atoms with Gasteiger partial charge in [0.25, 0.3) is 0 Å². The van der Waals surface area contributed by atoms with Gasteiger partial charge in [-0.15, -0.1) is 11.3 Å². The van der Waals surface area contributed by atoms with E-state index in [0.29, 0.717) is 0 Å². The average Bonchev–Trinajstić information content (AvgIpc) is 2.59. The Kier molecular flexibility index (Phi) is 1.57. The van der Waals surface area contributed by atoms with Crippen molar-refractivity contribution in [3.63, 3.8) is 0 Å². The summed E-state index contributed by atoms with van der Waals surface area (Å²) in [6.07, 6.45) is 0. The van der Waals surface area contributed by atoms with Gasteiger partial charge in [0, 0.05) is 5.38 Å². The summed E-state index contributed by atoms with van der Waals surface area (Å²) in [6.45, 7) is 0. The molecule has 0 saturated heterocycles. The summed E-state index contributed by atoms with van der Waals surface area (Å²) in [5.74, 6) is 0. The lowest BCUT2D eigenvalue weighted by atomic mass is 10.2. The largest absolute Gasteiger partial charge is 0.152 e. The molecule has 2 aromatic rings. The molecule has 0 spiro atoms. The van der Waals surface area contributed by atoms with Crippen molar-refractivity contribution in [1.82, 2.24) is 0 Å². The zero-order valence-electron chi connectivity index (χ0n) is 5.20. The Morgan fingerprint density at radius 1 is 1.20 bits per heavy atom. The van der Waals surface area contributed by atoms with Crippen molar-refractivity contribution in [2.45, 2.75) is 0 Å². The summed E-state index contributed by atoms with van der Waals surface area (Å²) >= 11 is 3.35. The van der Waals surface area contributed by atoms with E-state index in [1.54, 1.807) is 22.7 Å². The van der Waals surface area contributed by atoms with Gasteiger partial charge in [0.15, 0.2) is 0 Å². The maximum absolute atomic E-state index is 3.06. The third-order valence-electron chi connectivity index (χ3n) is 1.32. The number of hydrogen-bond acceptors (Lipinski definition) is 2. The second-order valence-electron chi connectivity index (χ2n) is 1.97. The Bertz CT molecular complexity index is 247. The van der Waals surface area contributed by atoms with Gasteiger partial charge in [-0.05, 0) is 39.4 Å². The van der Waals surface area contributed by atoms with E-state index >= 15 is 0 Å². The fraction of sp³-hybridized carbons (Fsp3) is 0. The van der Waals surface area contributed by atoms with Crippen LogP contribution in [0.5, 0.6) is 0 Å². The number of hydrogen-bond donors (Lipinski definition) is 0. The monoisotopic (exact) mass is 165 g/mol. The molecule has 2 heteroatoms. The van der Waals surface area contributed by atoms with Crippen molar-refractivity contribution in [3.05, 3.63) is 33.7 Å². The highest BCUT2D eigenvalue weighted by molar-refractivity contribution is 7.08. The molecule has 0 aliphatic heterocycles. The zero-order valence-corrected chi connectivity index (χ0v) is 6.84. The van der Waals surface area contributed by atoms with E-state index in [4.69, 9.17) is 0 Å². The molecule has 0 atom stereocenters.